The van der Waals surface area contributed by atoms with E-state index in [1.807, 2.05) is 0 Å². The summed E-state index contributed by atoms with van der Waals surface area (Å²) in [5.41, 5.74) is 3.30. The van der Waals surface area contributed by atoms with Crippen molar-refractivity contribution in [2.24, 2.45) is 5.92 Å². The fraction of sp³-hybridized carbons (Fsp3) is 0.579. The van der Waals surface area contributed by atoms with Crippen molar-refractivity contribution < 1.29 is 0 Å². The van der Waals surface area contributed by atoms with Gasteiger partial charge in [-0.25, -0.2) is 0 Å². The lowest BCUT2D eigenvalue weighted by Gasteiger charge is -2.43. The first-order valence-electron chi connectivity index (χ1n) is 8.11. The minimum atomic E-state index is 0.323. The minimum absolute atomic E-state index is 0.323. The van der Waals surface area contributed by atoms with Gasteiger partial charge in [-0.2, -0.15) is 0 Å². The Hall–Kier alpha value is -1.08. The second-order valence-electron chi connectivity index (χ2n) is 6.37. The van der Waals surface area contributed by atoms with Gasteiger partial charge in [0.25, 0.3) is 0 Å². The van der Waals surface area contributed by atoms with E-state index in [4.69, 9.17) is 0 Å². The van der Waals surface area contributed by atoms with E-state index in [0.717, 1.165) is 0 Å². The summed E-state index contributed by atoms with van der Waals surface area (Å²) in [6, 6.07) is 8.88. The van der Waals surface area contributed by atoms with Gasteiger partial charge in [0.2, 0.25) is 0 Å². The monoisotopic (exact) mass is 271 g/mol. The largest absolute Gasteiger partial charge is 0.306 e. The molecule has 2 atom stereocenters. The number of allylic oxidation sites excluding steroid dienone is 1. The molecule has 1 aliphatic carbocycles. The van der Waals surface area contributed by atoms with Crippen LogP contribution in [0.2, 0.25) is 0 Å². The maximum absolute atomic E-state index is 2.45. The van der Waals surface area contributed by atoms with Crippen molar-refractivity contribution in [1.29, 1.82) is 0 Å². The lowest BCUT2D eigenvalue weighted by Crippen LogP contribution is -2.45. The Bertz CT molecular complexity index is 461. The van der Waals surface area contributed by atoms with E-state index in [9.17, 15) is 0 Å². The van der Waals surface area contributed by atoms with Crippen molar-refractivity contribution in [2.75, 3.05) is 20.1 Å². The Morgan fingerprint density at radius 2 is 1.90 bits per heavy atom. The average molecular weight is 271 g/mol. The molecule has 0 bridgehead atoms. The van der Waals surface area contributed by atoms with Gasteiger partial charge in [-0.15, -0.1) is 0 Å². The number of hydrogen-bond acceptors (Lipinski definition) is 1. The van der Waals surface area contributed by atoms with Crippen LogP contribution in [-0.4, -0.2) is 25.0 Å². The lowest BCUT2D eigenvalue weighted by atomic mass is 9.68. The van der Waals surface area contributed by atoms with Gasteiger partial charge in [0.1, 0.15) is 0 Å². The summed E-state index contributed by atoms with van der Waals surface area (Å²) in [7, 11) is 2.23. The molecule has 0 saturated carbocycles. The fourth-order valence-electron chi connectivity index (χ4n) is 3.39. The zero-order valence-corrected chi connectivity index (χ0v) is 13.5. The number of benzene rings is 1. The van der Waals surface area contributed by atoms with Crippen molar-refractivity contribution in [2.45, 2.75) is 45.4 Å². The molecule has 1 unspecified atom stereocenters. The quantitative estimate of drug-likeness (QED) is 0.714. The smallest absolute Gasteiger partial charge is 0.0191 e. The summed E-state index contributed by atoms with van der Waals surface area (Å²) >= 11 is 0. The van der Waals surface area contributed by atoms with Crippen molar-refractivity contribution in [3.63, 3.8) is 0 Å². The van der Waals surface area contributed by atoms with Crippen molar-refractivity contribution in [3.8, 4) is 0 Å². The maximum Gasteiger partial charge on any atom is 0.0191 e. The highest BCUT2D eigenvalue weighted by Crippen LogP contribution is 2.46. The molecule has 1 nitrogen and oxygen atoms in total. The van der Waals surface area contributed by atoms with E-state index in [1.165, 1.54) is 37.9 Å². The van der Waals surface area contributed by atoms with Crippen LogP contribution in [-0.2, 0) is 5.41 Å². The van der Waals surface area contributed by atoms with E-state index >= 15 is 0 Å². The molecule has 2 aliphatic rings. The summed E-state index contributed by atoms with van der Waals surface area (Å²) in [4.78, 5) is 2.45. The highest BCUT2D eigenvalue weighted by atomic mass is 15.1. The van der Waals surface area contributed by atoms with Crippen LogP contribution >= 0.6 is 0 Å². The van der Waals surface area contributed by atoms with Crippen LogP contribution in [0.25, 0.3) is 6.08 Å². The maximum atomic E-state index is 2.45. The molecule has 1 saturated heterocycles. The van der Waals surface area contributed by atoms with Gasteiger partial charge in [-0.1, -0.05) is 70.0 Å². The van der Waals surface area contributed by atoms with Crippen molar-refractivity contribution in [1.82, 2.24) is 4.90 Å². The standard InChI is InChI=1S/C15H19N.C4H10/c1-12-11-16(2)10-9-15(12)8-7-13-5-3-4-6-14(13)15;1-3-4-2/h3-8,12H,9-11H2,1-2H3;3-4H2,1-2H3/t12-,15?;/m0./s1. The van der Waals surface area contributed by atoms with Gasteiger partial charge in [-0.3, -0.25) is 0 Å². The normalized spacial score (nSPS) is 28.1. The molecule has 0 N–H and O–H groups in total. The zero-order chi connectivity index (χ0) is 14.6. The van der Waals surface area contributed by atoms with Crippen molar-refractivity contribution >= 4 is 6.08 Å². The van der Waals surface area contributed by atoms with E-state index in [0.29, 0.717) is 11.3 Å². The van der Waals surface area contributed by atoms with E-state index in [2.05, 4.69) is 69.1 Å². The fourth-order valence-corrected chi connectivity index (χ4v) is 3.39. The predicted molar refractivity (Wildman–Crippen MR) is 89.0 cm³/mol. The molecule has 1 spiro atoms. The third kappa shape index (κ3) is 2.83. The van der Waals surface area contributed by atoms with Gasteiger partial charge in [0, 0.05) is 12.0 Å². The number of fused-ring (bicyclic) bond motifs is 2. The van der Waals surface area contributed by atoms with Crippen LogP contribution in [0.3, 0.4) is 0 Å². The highest BCUT2D eigenvalue weighted by molar-refractivity contribution is 5.65. The third-order valence-electron chi connectivity index (χ3n) is 4.89. The Labute approximate surface area is 124 Å². The first-order chi connectivity index (χ1) is 9.64. The molecule has 1 heteroatoms. The van der Waals surface area contributed by atoms with Gasteiger partial charge < -0.3 is 4.90 Å². The number of unbranched alkanes of at least 4 members (excludes halogenated alkanes) is 1. The summed E-state index contributed by atoms with van der Waals surface area (Å²) in [5, 5.41) is 0. The van der Waals surface area contributed by atoms with Crippen LogP contribution in [0.1, 0.15) is 51.2 Å². The Morgan fingerprint density at radius 1 is 1.20 bits per heavy atom. The number of piperidine rings is 1. The number of nitrogens with zero attached hydrogens (tertiary/aromatic N) is 1. The molecular formula is C19H29N. The Kier molecular flexibility index (Phi) is 5.04. The number of rotatable bonds is 1. The van der Waals surface area contributed by atoms with Crippen LogP contribution in [0.15, 0.2) is 30.3 Å². The molecule has 20 heavy (non-hydrogen) atoms. The second kappa shape index (κ2) is 6.58. The molecule has 0 aromatic heterocycles. The Balaban J connectivity index is 0.000000328. The highest BCUT2D eigenvalue weighted by Gasteiger charge is 2.42. The predicted octanol–water partition coefficient (Wildman–Crippen LogP) is 4.73. The van der Waals surface area contributed by atoms with Crippen LogP contribution in [0.4, 0.5) is 0 Å². The zero-order valence-electron chi connectivity index (χ0n) is 13.5. The summed E-state index contributed by atoms with van der Waals surface area (Å²) in [6.07, 6.45) is 8.67. The molecule has 0 radical (unpaired) electrons. The number of likely N-dealkylation sites (tertiary alicyclic amines) is 1. The average Bonchev–Trinajstić information content (AvgIpc) is 2.84. The third-order valence-corrected chi connectivity index (χ3v) is 4.89. The van der Waals surface area contributed by atoms with E-state index in [-0.39, 0.29) is 0 Å². The SMILES string of the molecule is CCCC.C[C@H]1CN(C)CCC12C=Cc1ccccc12. The molecule has 1 aromatic carbocycles. The first-order valence-corrected chi connectivity index (χ1v) is 8.11. The van der Waals surface area contributed by atoms with Gasteiger partial charge in [0.05, 0.1) is 0 Å². The van der Waals surface area contributed by atoms with Crippen LogP contribution in [0, 0.1) is 5.92 Å². The topological polar surface area (TPSA) is 3.24 Å². The van der Waals surface area contributed by atoms with Gasteiger partial charge >= 0.3 is 0 Å². The van der Waals surface area contributed by atoms with Gasteiger partial charge in [0.15, 0.2) is 0 Å². The summed E-state index contributed by atoms with van der Waals surface area (Å²) in [6.45, 7) is 9.17. The molecule has 110 valence electrons. The summed E-state index contributed by atoms with van der Waals surface area (Å²) in [5.74, 6) is 0.714. The molecule has 3 rings (SSSR count). The molecule has 1 heterocycles. The van der Waals surface area contributed by atoms with Gasteiger partial charge in [-0.05, 0) is 37.1 Å². The molecule has 1 aliphatic heterocycles. The van der Waals surface area contributed by atoms with Crippen molar-refractivity contribution in [3.05, 3.63) is 41.5 Å². The molecular weight excluding hydrogens is 242 g/mol. The molecule has 0 amide bonds. The summed E-state index contributed by atoms with van der Waals surface area (Å²) < 4.78 is 0. The van der Waals surface area contributed by atoms with E-state index in [1.54, 1.807) is 5.56 Å². The van der Waals surface area contributed by atoms with E-state index < -0.39 is 0 Å². The Morgan fingerprint density at radius 3 is 2.55 bits per heavy atom. The minimum Gasteiger partial charge on any atom is -0.306 e. The molecule has 1 aromatic rings. The lowest BCUT2D eigenvalue weighted by molar-refractivity contribution is 0.155. The first kappa shape index (κ1) is 15.3. The number of hydrogen-bond donors (Lipinski definition) is 0. The molecule has 1 fully saturated rings. The second-order valence-corrected chi connectivity index (χ2v) is 6.37. The van der Waals surface area contributed by atoms with Crippen LogP contribution < -0.4 is 0 Å². The van der Waals surface area contributed by atoms with Crippen LogP contribution in [0.5, 0.6) is 0 Å².